The van der Waals surface area contributed by atoms with E-state index < -0.39 is 0 Å². The molecule has 27 heavy (non-hydrogen) atoms. The van der Waals surface area contributed by atoms with Crippen molar-refractivity contribution >= 4 is 23.5 Å². The summed E-state index contributed by atoms with van der Waals surface area (Å²) in [5, 5.41) is 5.82. The highest BCUT2D eigenvalue weighted by Gasteiger charge is 2.26. The van der Waals surface area contributed by atoms with Gasteiger partial charge < -0.3 is 20.4 Å². The number of anilines is 1. The van der Waals surface area contributed by atoms with Gasteiger partial charge in [-0.2, -0.15) is 0 Å². The van der Waals surface area contributed by atoms with Gasteiger partial charge in [0.25, 0.3) is 0 Å². The first-order chi connectivity index (χ1) is 12.7. The lowest BCUT2D eigenvalue weighted by molar-refractivity contribution is -0.131. The Kier molecular flexibility index (Phi) is 5.39. The Labute approximate surface area is 160 Å². The molecule has 0 atom stereocenters. The van der Waals surface area contributed by atoms with E-state index in [0.717, 1.165) is 16.8 Å². The number of piperazine rings is 1. The van der Waals surface area contributed by atoms with Gasteiger partial charge in [0.05, 0.1) is 6.42 Å². The molecule has 1 aromatic rings. The van der Waals surface area contributed by atoms with Crippen molar-refractivity contribution in [2.24, 2.45) is 0 Å². The van der Waals surface area contributed by atoms with Crippen LogP contribution in [0.15, 0.2) is 18.2 Å². The molecule has 1 fully saturated rings. The number of carbonyl (C=O) groups excluding carboxylic acids is 3. The molecule has 0 aromatic heterocycles. The summed E-state index contributed by atoms with van der Waals surface area (Å²) in [6, 6.07) is 5.71. The molecular weight excluding hydrogens is 344 g/mol. The molecule has 2 N–H and O–H groups in total. The van der Waals surface area contributed by atoms with E-state index in [1.54, 1.807) is 4.90 Å². The van der Waals surface area contributed by atoms with Crippen molar-refractivity contribution in [3.05, 3.63) is 29.3 Å². The van der Waals surface area contributed by atoms with E-state index in [9.17, 15) is 14.4 Å². The van der Waals surface area contributed by atoms with Crippen LogP contribution >= 0.6 is 0 Å². The van der Waals surface area contributed by atoms with E-state index in [2.05, 4.69) is 10.6 Å². The third-order valence-electron chi connectivity index (χ3n) is 4.82. The van der Waals surface area contributed by atoms with E-state index in [-0.39, 0.29) is 23.4 Å². The van der Waals surface area contributed by atoms with Gasteiger partial charge in [-0.15, -0.1) is 0 Å². The van der Waals surface area contributed by atoms with Gasteiger partial charge in [-0.25, -0.2) is 4.79 Å². The van der Waals surface area contributed by atoms with Crippen LogP contribution in [0.25, 0.3) is 0 Å². The van der Waals surface area contributed by atoms with Crippen LogP contribution in [0.2, 0.25) is 0 Å². The maximum atomic E-state index is 12.6. The summed E-state index contributed by atoms with van der Waals surface area (Å²) < 4.78 is 0. The minimum Gasteiger partial charge on any atom is -0.339 e. The molecule has 0 saturated carbocycles. The summed E-state index contributed by atoms with van der Waals surface area (Å²) in [6.45, 7) is 8.06. The maximum Gasteiger partial charge on any atom is 0.317 e. The molecule has 1 saturated heterocycles. The van der Waals surface area contributed by atoms with Gasteiger partial charge in [0, 0.05) is 43.8 Å². The third kappa shape index (κ3) is 4.99. The minimum absolute atomic E-state index is 0.0414. The molecule has 2 aliphatic heterocycles. The van der Waals surface area contributed by atoms with E-state index in [0.29, 0.717) is 45.4 Å². The lowest BCUT2D eigenvalue weighted by atomic mass is 9.99. The molecule has 0 unspecified atom stereocenters. The van der Waals surface area contributed by atoms with Crippen LogP contribution in [-0.2, 0) is 22.4 Å². The second kappa shape index (κ2) is 7.58. The number of urea groups is 1. The first-order valence-electron chi connectivity index (χ1n) is 9.48. The van der Waals surface area contributed by atoms with Crippen LogP contribution in [0, 0.1) is 0 Å². The lowest BCUT2D eigenvalue weighted by Gasteiger charge is -2.36. The van der Waals surface area contributed by atoms with Gasteiger partial charge in [0.2, 0.25) is 11.8 Å². The number of carbonyl (C=O) groups is 3. The molecular formula is C20H28N4O3. The molecule has 2 heterocycles. The number of rotatable bonds is 2. The van der Waals surface area contributed by atoms with Crippen LogP contribution in [0.5, 0.6) is 0 Å². The lowest BCUT2D eigenvalue weighted by Crippen LogP contribution is -2.56. The van der Waals surface area contributed by atoms with E-state index in [1.807, 2.05) is 43.9 Å². The highest BCUT2D eigenvalue weighted by atomic mass is 16.2. The number of nitrogens with zero attached hydrogens (tertiary/aromatic N) is 2. The van der Waals surface area contributed by atoms with E-state index >= 15 is 0 Å². The van der Waals surface area contributed by atoms with Crippen molar-refractivity contribution in [1.82, 2.24) is 15.1 Å². The fourth-order valence-corrected chi connectivity index (χ4v) is 3.39. The molecule has 7 heteroatoms. The van der Waals surface area contributed by atoms with Crippen LogP contribution in [0.3, 0.4) is 0 Å². The van der Waals surface area contributed by atoms with Gasteiger partial charge in [-0.05, 0) is 44.4 Å². The quantitative estimate of drug-likeness (QED) is 0.830. The van der Waals surface area contributed by atoms with Gasteiger partial charge in [0.15, 0.2) is 0 Å². The number of fused-ring (bicyclic) bond motifs is 1. The second-order valence-corrected chi connectivity index (χ2v) is 8.26. The summed E-state index contributed by atoms with van der Waals surface area (Å²) in [4.78, 5) is 39.9. The zero-order valence-electron chi connectivity index (χ0n) is 16.3. The van der Waals surface area contributed by atoms with Crippen molar-refractivity contribution < 1.29 is 14.4 Å². The van der Waals surface area contributed by atoms with Crippen molar-refractivity contribution in [3.8, 4) is 0 Å². The highest BCUT2D eigenvalue weighted by Crippen LogP contribution is 2.24. The molecule has 2 aliphatic rings. The van der Waals surface area contributed by atoms with Crippen LogP contribution in [-0.4, -0.2) is 59.4 Å². The van der Waals surface area contributed by atoms with Crippen molar-refractivity contribution in [2.45, 2.75) is 45.6 Å². The average Bonchev–Trinajstić information content (AvgIpc) is 2.60. The topological polar surface area (TPSA) is 81.8 Å². The summed E-state index contributed by atoms with van der Waals surface area (Å²) in [7, 11) is 0. The second-order valence-electron chi connectivity index (χ2n) is 8.26. The summed E-state index contributed by atoms with van der Waals surface area (Å²) in [5.74, 6) is 0.116. The molecule has 4 amide bonds. The highest BCUT2D eigenvalue weighted by molar-refractivity contribution is 5.94. The fourth-order valence-electron chi connectivity index (χ4n) is 3.39. The Morgan fingerprint density at radius 1 is 1.07 bits per heavy atom. The van der Waals surface area contributed by atoms with Gasteiger partial charge in [0.1, 0.15) is 0 Å². The number of benzene rings is 1. The van der Waals surface area contributed by atoms with Crippen LogP contribution in [0.4, 0.5) is 10.5 Å². The smallest absolute Gasteiger partial charge is 0.317 e. The average molecular weight is 372 g/mol. The number of aryl methyl sites for hydroxylation is 1. The van der Waals surface area contributed by atoms with Crippen molar-refractivity contribution in [1.29, 1.82) is 0 Å². The molecule has 0 bridgehead atoms. The number of hydrogen-bond acceptors (Lipinski definition) is 3. The van der Waals surface area contributed by atoms with Crippen molar-refractivity contribution in [2.75, 3.05) is 31.5 Å². The molecule has 3 rings (SSSR count). The Morgan fingerprint density at radius 3 is 2.41 bits per heavy atom. The molecule has 7 nitrogen and oxygen atoms in total. The minimum atomic E-state index is -0.268. The van der Waals surface area contributed by atoms with Crippen LogP contribution < -0.4 is 10.6 Å². The zero-order chi connectivity index (χ0) is 19.6. The molecule has 0 spiro atoms. The number of nitrogens with one attached hydrogen (secondary N) is 2. The van der Waals surface area contributed by atoms with E-state index in [1.165, 1.54) is 0 Å². The first-order valence-corrected chi connectivity index (χ1v) is 9.48. The maximum absolute atomic E-state index is 12.6. The van der Waals surface area contributed by atoms with Crippen molar-refractivity contribution in [3.63, 3.8) is 0 Å². The fraction of sp³-hybridized carbons (Fsp3) is 0.550. The number of amides is 4. The summed E-state index contributed by atoms with van der Waals surface area (Å²) in [5.41, 5.74) is 2.63. The molecule has 146 valence electrons. The van der Waals surface area contributed by atoms with Gasteiger partial charge in [-0.3, -0.25) is 9.59 Å². The normalized spacial score (nSPS) is 17.2. The van der Waals surface area contributed by atoms with E-state index in [4.69, 9.17) is 0 Å². The Balaban J connectivity index is 1.53. The van der Waals surface area contributed by atoms with Crippen LogP contribution in [0.1, 0.15) is 38.3 Å². The van der Waals surface area contributed by atoms with Gasteiger partial charge >= 0.3 is 6.03 Å². The summed E-state index contributed by atoms with van der Waals surface area (Å²) >= 11 is 0. The Morgan fingerprint density at radius 2 is 1.74 bits per heavy atom. The Hall–Kier alpha value is -2.57. The zero-order valence-corrected chi connectivity index (χ0v) is 16.3. The predicted molar refractivity (Wildman–Crippen MR) is 104 cm³/mol. The number of hydrogen-bond donors (Lipinski definition) is 2. The largest absolute Gasteiger partial charge is 0.339 e. The molecule has 1 aromatic carbocycles. The van der Waals surface area contributed by atoms with Gasteiger partial charge in [-0.1, -0.05) is 12.1 Å². The Bertz CT molecular complexity index is 746. The predicted octanol–water partition coefficient (Wildman–Crippen LogP) is 1.77. The molecule has 0 aliphatic carbocycles. The first kappa shape index (κ1) is 19.2. The third-order valence-corrected chi connectivity index (χ3v) is 4.82. The summed E-state index contributed by atoms with van der Waals surface area (Å²) in [6.07, 6.45) is 1.54. The molecule has 0 radical (unpaired) electrons. The monoisotopic (exact) mass is 372 g/mol. The SMILES string of the molecule is CC(C)(C)NC(=O)N1CCN(C(=O)Cc2ccc3c(c2)CCC(=O)N3)CC1. The standard InChI is InChI=1S/C20H28N4O3/c1-20(2,3)22-19(27)24-10-8-23(9-11-24)18(26)13-14-4-6-16-15(12-14)5-7-17(25)21-16/h4,6,12H,5,7-11,13H2,1-3H3,(H,21,25)(H,22,27).